The van der Waals surface area contributed by atoms with Crippen LogP contribution in [0.25, 0.3) is 0 Å². The van der Waals surface area contributed by atoms with Gasteiger partial charge in [0.05, 0.1) is 29.8 Å². The van der Waals surface area contributed by atoms with Crippen molar-refractivity contribution in [1.29, 1.82) is 0 Å². The number of carbonyl (C=O) groups is 1. The maximum Gasteiger partial charge on any atom is 0.228 e. The summed E-state index contributed by atoms with van der Waals surface area (Å²) >= 11 is 0. The minimum Gasteiger partial charge on any atom is -0.469 e. The van der Waals surface area contributed by atoms with Crippen molar-refractivity contribution in [3.05, 3.63) is 48.4 Å². The van der Waals surface area contributed by atoms with Gasteiger partial charge in [-0.1, -0.05) is 12.1 Å². The van der Waals surface area contributed by atoms with Gasteiger partial charge in [0.25, 0.3) is 0 Å². The lowest BCUT2D eigenvalue weighted by Gasteiger charge is -2.37. The van der Waals surface area contributed by atoms with E-state index in [0.717, 1.165) is 36.6 Å². The van der Waals surface area contributed by atoms with Gasteiger partial charge in [0.1, 0.15) is 5.76 Å². The zero-order chi connectivity index (χ0) is 17.4. The lowest BCUT2D eigenvalue weighted by molar-refractivity contribution is -0.117. The van der Waals surface area contributed by atoms with Crippen LogP contribution in [0.15, 0.2) is 47.1 Å². The Balaban J connectivity index is 1.47. The van der Waals surface area contributed by atoms with Crippen molar-refractivity contribution in [3.63, 3.8) is 0 Å². The Morgan fingerprint density at radius 3 is 2.60 bits per heavy atom. The lowest BCUT2D eigenvalue weighted by atomic mass is 10.1. The largest absolute Gasteiger partial charge is 0.469 e. The molecule has 1 saturated carbocycles. The van der Waals surface area contributed by atoms with E-state index in [9.17, 15) is 4.79 Å². The van der Waals surface area contributed by atoms with Crippen LogP contribution in [0.2, 0.25) is 0 Å². The van der Waals surface area contributed by atoms with Gasteiger partial charge in [-0.3, -0.25) is 4.79 Å². The van der Waals surface area contributed by atoms with Crippen LogP contribution in [0.1, 0.15) is 31.9 Å². The third-order valence-corrected chi connectivity index (χ3v) is 4.96. The second-order valence-electron chi connectivity index (χ2n) is 7.13. The molecule has 1 saturated heterocycles. The molecule has 25 heavy (non-hydrogen) atoms. The minimum atomic E-state index is 0.00161. The minimum absolute atomic E-state index is 0.00161. The number of anilines is 2. The van der Waals surface area contributed by atoms with Crippen LogP contribution in [0.5, 0.6) is 0 Å². The van der Waals surface area contributed by atoms with Crippen LogP contribution in [-0.2, 0) is 9.53 Å². The number of benzene rings is 1. The molecule has 0 radical (unpaired) electrons. The molecule has 1 aromatic carbocycles. The third kappa shape index (κ3) is 3.42. The summed E-state index contributed by atoms with van der Waals surface area (Å²) in [7, 11) is 0. The van der Waals surface area contributed by atoms with E-state index in [1.165, 1.54) is 0 Å². The molecule has 0 spiro atoms. The van der Waals surface area contributed by atoms with Crippen molar-refractivity contribution in [1.82, 2.24) is 0 Å². The number of hydrogen-bond donors (Lipinski definition) is 1. The summed E-state index contributed by atoms with van der Waals surface area (Å²) in [6.45, 7) is 5.83. The average molecular weight is 340 g/mol. The molecule has 4 rings (SSSR count). The Morgan fingerprint density at radius 2 is 1.88 bits per heavy atom. The Morgan fingerprint density at radius 1 is 1.12 bits per heavy atom. The number of morpholine rings is 1. The fourth-order valence-electron chi connectivity index (χ4n) is 3.76. The van der Waals surface area contributed by atoms with Crippen LogP contribution in [0.4, 0.5) is 11.4 Å². The van der Waals surface area contributed by atoms with Crippen LogP contribution >= 0.6 is 0 Å². The van der Waals surface area contributed by atoms with Gasteiger partial charge in [-0.15, -0.1) is 0 Å². The molecule has 4 atom stereocenters. The summed E-state index contributed by atoms with van der Waals surface area (Å²) in [6, 6.07) is 11.8. The lowest BCUT2D eigenvalue weighted by Crippen LogP contribution is -2.45. The first-order valence-corrected chi connectivity index (χ1v) is 8.95. The highest BCUT2D eigenvalue weighted by Gasteiger charge is 2.46. The standard InChI is InChI=1S/C20H24N2O3/c1-13-11-22(12-14(2)25-13)18-7-4-3-6-17(18)21-20(23)16-10-15(16)19-8-5-9-24-19/h3-9,13-16H,10-12H2,1-2H3,(H,21,23). The maximum atomic E-state index is 12.6. The van der Waals surface area contributed by atoms with Crippen LogP contribution in [0, 0.1) is 5.92 Å². The van der Waals surface area contributed by atoms with Crippen molar-refractivity contribution < 1.29 is 13.9 Å². The van der Waals surface area contributed by atoms with Crippen LogP contribution in [0.3, 0.4) is 0 Å². The van der Waals surface area contributed by atoms with E-state index in [4.69, 9.17) is 9.15 Å². The number of para-hydroxylation sites is 2. The Labute approximate surface area is 148 Å². The summed E-state index contributed by atoms with van der Waals surface area (Å²) < 4.78 is 11.3. The predicted molar refractivity (Wildman–Crippen MR) is 96.8 cm³/mol. The zero-order valence-corrected chi connectivity index (χ0v) is 14.6. The molecule has 1 aliphatic heterocycles. The van der Waals surface area contributed by atoms with Gasteiger partial charge in [-0.25, -0.2) is 0 Å². The molecule has 2 aliphatic rings. The number of amides is 1. The molecule has 5 heteroatoms. The Hall–Kier alpha value is -2.27. The second-order valence-corrected chi connectivity index (χ2v) is 7.13. The molecule has 2 aromatic rings. The van der Waals surface area contributed by atoms with Crippen LogP contribution < -0.4 is 10.2 Å². The topological polar surface area (TPSA) is 54.7 Å². The first-order valence-electron chi connectivity index (χ1n) is 8.95. The van der Waals surface area contributed by atoms with Crippen molar-refractivity contribution in [2.75, 3.05) is 23.3 Å². The number of nitrogens with zero attached hydrogens (tertiary/aromatic N) is 1. The predicted octanol–water partition coefficient (Wildman–Crippen LogP) is 3.64. The SMILES string of the molecule is CC1CN(c2ccccc2NC(=O)C2CC2c2ccco2)CC(C)O1. The van der Waals surface area contributed by atoms with E-state index in [1.807, 2.05) is 30.3 Å². The number of rotatable bonds is 4. The molecule has 0 bridgehead atoms. The second kappa shape index (κ2) is 6.56. The molecule has 132 valence electrons. The monoisotopic (exact) mass is 340 g/mol. The number of carbonyl (C=O) groups excluding carboxylic acids is 1. The van der Waals surface area contributed by atoms with Gasteiger partial charge in [0, 0.05) is 24.9 Å². The van der Waals surface area contributed by atoms with Gasteiger partial charge >= 0.3 is 0 Å². The highest BCUT2D eigenvalue weighted by molar-refractivity contribution is 5.98. The molecular weight excluding hydrogens is 316 g/mol. The molecule has 5 nitrogen and oxygen atoms in total. The average Bonchev–Trinajstić information content (AvgIpc) is 3.20. The maximum absolute atomic E-state index is 12.6. The van der Waals surface area contributed by atoms with Gasteiger partial charge in [-0.2, -0.15) is 0 Å². The first kappa shape index (κ1) is 16.2. The summed E-state index contributed by atoms with van der Waals surface area (Å²) in [4.78, 5) is 14.9. The van der Waals surface area contributed by atoms with Crippen molar-refractivity contribution in [2.24, 2.45) is 5.92 Å². The fourth-order valence-corrected chi connectivity index (χ4v) is 3.76. The number of hydrogen-bond acceptors (Lipinski definition) is 4. The van der Waals surface area contributed by atoms with Crippen LogP contribution in [-0.4, -0.2) is 31.2 Å². The summed E-state index contributed by atoms with van der Waals surface area (Å²) in [6.07, 6.45) is 2.88. The Kier molecular flexibility index (Phi) is 4.25. The number of ether oxygens (including phenoxy) is 1. The van der Waals surface area contributed by atoms with Gasteiger partial charge in [0.15, 0.2) is 0 Å². The van der Waals surface area contributed by atoms with E-state index >= 15 is 0 Å². The van der Waals surface area contributed by atoms with E-state index in [2.05, 4.69) is 30.1 Å². The molecule has 2 fully saturated rings. The number of furan rings is 1. The summed E-state index contributed by atoms with van der Waals surface area (Å²) in [5.74, 6) is 1.19. The van der Waals surface area contributed by atoms with E-state index in [-0.39, 0.29) is 30.0 Å². The van der Waals surface area contributed by atoms with E-state index in [1.54, 1.807) is 6.26 Å². The fraction of sp³-hybridized carbons (Fsp3) is 0.450. The molecule has 1 amide bonds. The smallest absolute Gasteiger partial charge is 0.228 e. The van der Waals surface area contributed by atoms with Crippen molar-refractivity contribution in [2.45, 2.75) is 38.4 Å². The molecule has 1 N–H and O–H groups in total. The van der Waals surface area contributed by atoms with Crippen molar-refractivity contribution >= 4 is 17.3 Å². The van der Waals surface area contributed by atoms with Gasteiger partial charge in [-0.05, 0) is 44.5 Å². The number of nitrogens with one attached hydrogen (secondary N) is 1. The molecule has 1 aliphatic carbocycles. The summed E-state index contributed by atoms with van der Waals surface area (Å²) in [5.41, 5.74) is 1.94. The highest BCUT2D eigenvalue weighted by Crippen LogP contribution is 2.48. The van der Waals surface area contributed by atoms with Crippen molar-refractivity contribution in [3.8, 4) is 0 Å². The summed E-state index contributed by atoms with van der Waals surface area (Å²) in [5, 5.41) is 3.13. The van der Waals surface area contributed by atoms with E-state index < -0.39 is 0 Å². The van der Waals surface area contributed by atoms with Gasteiger partial charge < -0.3 is 19.4 Å². The third-order valence-electron chi connectivity index (χ3n) is 4.96. The zero-order valence-electron chi connectivity index (χ0n) is 14.6. The Bertz CT molecular complexity index is 733. The quantitative estimate of drug-likeness (QED) is 0.923. The first-order chi connectivity index (χ1) is 12.1. The van der Waals surface area contributed by atoms with E-state index in [0.29, 0.717) is 0 Å². The van der Waals surface area contributed by atoms with Gasteiger partial charge in [0.2, 0.25) is 5.91 Å². The molecule has 4 unspecified atom stereocenters. The molecular formula is C20H24N2O3. The normalized spacial score (nSPS) is 28.6. The molecule has 1 aromatic heterocycles. The highest BCUT2D eigenvalue weighted by atomic mass is 16.5. The molecule has 2 heterocycles.